The molecule has 0 bridgehead atoms. The lowest BCUT2D eigenvalue weighted by Crippen LogP contribution is -2.02. The molecule has 0 spiro atoms. The fraction of sp³-hybridized carbons (Fsp3) is 0.133. The van der Waals surface area contributed by atoms with E-state index in [4.69, 9.17) is 4.74 Å². The summed E-state index contributed by atoms with van der Waals surface area (Å²) in [4.78, 5) is 11.3. The molecule has 0 aliphatic carbocycles. The lowest BCUT2D eigenvalue weighted by atomic mass is 9.96. The second kappa shape index (κ2) is 4.92. The van der Waals surface area contributed by atoms with Crippen LogP contribution in [0.1, 0.15) is 15.9 Å². The van der Waals surface area contributed by atoms with Gasteiger partial charge in [0.25, 0.3) is 0 Å². The quantitative estimate of drug-likeness (QED) is 0.897. The number of benzene rings is 2. The highest BCUT2D eigenvalue weighted by Gasteiger charge is 2.13. The zero-order chi connectivity index (χ0) is 13.1. The van der Waals surface area contributed by atoms with Gasteiger partial charge in [0, 0.05) is 0 Å². The van der Waals surface area contributed by atoms with E-state index in [0.29, 0.717) is 5.56 Å². The minimum Gasteiger partial charge on any atom is -0.497 e. The van der Waals surface area contributed by atoms with Gasteiger partial charge in [0.15, 0.2) is 0 Å². The first-order chi connectivity index (χ1) is 8.63. The van der Waals surface area contributed by atoms with E-state index in [1.807, 2.05) is 36.4 Å². The number of carbonyl (C=O) groups is 1. The van der Waals surface area contributed by atoms with Crippen molar-refractivity contribution in [3.05, 3.63) is 53.6 Å². The second-order valence-corrected chi connectivity index (χ2v) is 4.03. The third-order valence-electron chi connectivity index (χ3n) is 2.89. The maximum Gasteiger partial charge on any atom is 0.336 e. The van der Waals surface area contributed by atoms with Crippen LogP contribution in [0.15, 0.2) is 42.5 Å². The molecule has 2 aromatic rings. The Morgan fingerprint density at radius 3 is 2.33 bits per heavy atom. The Kier molecular flexibility index (Phi) is 3.33. The van der Waals surface area contributed by atoms with Crippen molar-refractivity contribution in [1.29, 1.82) is 0 Å². The van der Waals surface area contributed by atoms with Crippen LogP contribution in [0.25, 0.3) is 11.1 Å². The Labute approximate surface area is 106 Å². The molecule has 0 saturated carbocycles. The van der Waals surface area contributed by atoms with E-state index < -0.39 is 5.97 Å². The van der Waals surface area contributed by atoms with Gasteiger partial charge in [0.1, 0.15) is 5.75 Å². The Balaban J connectivity index is 2.56. The predicted octanol–water partition coefficient (Wildman–Crippen LogP) is 3.37. The van der Waals surface area contributed by atoms with E-state index >= 15 is 0 Å². The molecule has 3 nitrogen and oxygen atoms in total. The highest BCUT2D eigenvalue weighted by Crippen LogP contribution is 2.27. The molecule has 0 atom stereocenters. The summed E-state index contributed by atoms with van der Waals surface area (Å²) >= 11 is 0. The van der Waals surface area contributed by atoms with Crippen LogP contribution >= 0.6 is 0 Å². The van der Waals surface area contributed by atoms with Crippen molar-refractivity contribution in [2.24, 2.45) is 0 Å². The fourth-order valence-corrected chi connectivity index (χ4v) is 1.96. The van der Waals surface area contributed by atoms with Gasteiger partial charge in [-0.3, -0.25) is 0 Å². The summed E-state index contributed by atoms with van der Waals surface area (Å²) in [6.07, 6.45) is 0. The average Bonchev–Trinajstić information content (AvgIpc) is 2.38. The number of aryl methyl sites for hydroxylation is 1. The third-order valence-corrected chi connectivity index (χ3v) is 2.89. The number of aromatic carboxylic acids is 1. The molecule has 0 fully saturated rings. The molecule has 2 rings (SSSR count). The topological polar surface area (TPSA) is 46.5 Å². The second-order valence-electron chi connectivity index (χ2n) is 4.03. The van der Waals surface area contributed by atoms with Crippen molar-refractivity contribution in [1.82, 2.24) is 0 Å². The summed E-state index contributed by atoms with van der Waals surface area (Å²) < 4.78 is 5.09. The monoisotopic (exact) mass is 242 g/mol. The van der Waals surface area contributed by atoms with Crippen molar-refractivity contribution in [3.63, 3.8) is 0 Å². The molecule has 92 valence electrons. The summed E-state index contributed by atoms with van der Waals surface area (Å²) in [5.74, 6) is -0.151. The van der Waals surface area contributed by atoms with E-state index in [1.54, 1.807) is 20.1 Å². The van der Waals surface area contributed by atoms with Crippen molar-refractivity contribution >= 4 is 5.97 Å². The number of carboxylic acid groups (broad SMARTS) is 1. The van der Waals surface area contributed by atoms with Crippen molar-refractivity contribution in [2.75, 3.05) is 7.11 Å². The van der Waals surface area contributed by atoms with E-state index in [0.717, 1.165) is 22.4 Å². The Bertz CT molecular complexity index is 571. The minimum atomic E-state index is -0.904. The van der Waals surface area contributed by atoms with Crippen LogP contribution in [0.2, 0.25) is 0 Å². The first-order valence-corrected chi connectivity index (χ1v) is 5.61. The smallest absolute Gasteiger partial charge is 0.336 e. The van der Waals surface area contributed by atoms with Crippen molar-refractivity contribution in [3.8, 4) is 16.9 Å². The van der Waals surface area contributed by atoms with Gasteiger partial charge in [-0.25, -0.2) is 4.79 Å². The van der Waals surface area contributed by atoms with Gasteiger partial charge >= 0.3 is 5.97 Å². The highest BCUT2D eigenvalue weighted by atomic mass is 16.5. The van der Waals surface area contributed by atoms with Crippen LogP contribution in [0.4, 0.5) is 0 Å². The summed E-state index contributed by atoms with van der Waals surface area (Å²) in [6, 6.07) is 12.8. The standard InChI is InChI=1S/C15H14O3/c1-10-4-3-5-13(14(10)15(16)17)11-6-8-12(18-2)9-7-11/h3-9H,1-2H3,(H,16,17). The van der Waals surface area contributed by atoms with Crippen LogP contribution in [-0.2, 0) is 0 Å². The molecule has 0 amide bonds. The van der Waals surface area contributed by atoms with Crippen LogP contribution in [0.3, 0.4) is 0 Å². The molecule has 0 unspecified atom stereocenters. The molecule has 0 saturated heterocycles. The molecule has 0 aliphatic heterocycles. The number of methoxy groups -OCH3 is 1. The molecule has 0 radical (unpaired) electrons. The first kappa shape index (κ1) is 12.2. The average molecular weight is 242 g/mol. The molecule has 2 aromatic carbocycles. The maximum absolute atomic E-state index is 11.3. The molecular formula is C15H14O3. The van der Waals surface area contributed by atoms with E-state index in [1.165, 1.54) is 0 Å². The number of hydrogen-bond donors (Lipinski definition) is 1. The van der Waals surface area contributed by atoms with Crippen LogP contribution < -0.4 is 4.74 Å². The zero-order valence-electron chi connectivity index (χ0n) is 10.3. The number of carboxylic acids is 1. The fourth-order valence-electron chi connectivity index (χ4n) is 1.96. The van der Waals surface area contributed by atoms with E-state index in [9.17, 15) is 9.90 Å². The van der Waals surface area contributed by atoms with Crippen molar-refractivity contribution in [2.45, 2.75) is 6.92 Å². The van der Waals surface area contributed by atoms with E-state index in [-0.39, 0.29) is 0 Å². The van der Waals surface area contributed by atoms with Crippen LogP contribution in [0.5, 0.6) is 5.75 Å². The third kappa shape index (κ3) is 2.20. The van der Waals surface area contributed by atoms with Gasteiger partial charge in [0.05, 0.1) is 12.7 Å². The lowest BCUT2D eigenvalue weighted by molar-refractivity contribution is 0.0697. The van der Waals surface area contributed by atoms with Gasteiger partial charge in [-0.2, -0.15) is 0 Å². The molecule has 0 aromatic heterocycles. The van der Waals surface area contributed by atoms with Gasteiger partial charge < -0.3 is 9.84 Å². The minimum absolute atomic E-state index is 0.350. The number of hydrogen-bond acceptors (Lipinski definition) is 2. The molecule has 3 heteroatoms. The molecular weight excluding hydrogens is 228 g/mol. The van der Waals surface area contributed by atoms with Gasteiger partial charge in [0.2, 0.25) is 0 Å². The van der Waals surface area contributed by atoms with E-state index in [2.05, 4.69) is 0 Å². The van der Waals surface area contributed by atoms with Crippen LogP contribution in [0, 0.1) is 6.92 Å². The Morgan fingerprint density at radius 2 is 1.78 bits per heavy atom. The SMILES string of the molecule is COc1ccc(-c2cccc(C)c2C(=O)O)cc1. The first-order valence-electron chi connectivity index (χ1n) is 5.61. The summed E-state index contributed by atoms with van der Waals surface area (Å²) in [5.41, 5.74) is 2.71. The molecule has 1 N–H and O–H groups in total. The number of rotatable bonds is 3. The lowest BCUT2D eigenvalue weighted by Gasteiger charge is -2.09. The Hall–Kier alpha value is -2.29. The molecule has 18 heavy (non-hydrogen) atoms. The van der Waals surface area contributed by atoms with Crippen LogP contribution in [-0.4, -0.2) is 18.2 Å². The predicted molar refractivity (Wildman–Crippen MR) is 70.1 cm³/mol. The maximum atomic E-state index is 11.3. The van der Waals surface area contributed by atoms with Gasteiger partial charge in [-0.1, -0.05) is 30.3 Å². The molecule has 0 aliphatic rings. The number of ether oxygens (including phenoxy) is 1. The Morgan fingerprint density at radius 1 is 1.11 bits per heavy atom. The molecule has 0 heterocycles. The normalized spacial score (nSPS) is 10.1. The largest absolute Gasteiger partial charge is 0.497 e. The summed E-state index contributed by atoms with van der Waals surface area (Å²) in [6.45, 7) is 1.80. The zero-order valence-corrected chi connectivity index (χ0v) is 10.3. The highest BCUT2D eigenvalue weighted by molar-refractivity contribution is 5.97. The summed E-state index contributed by atoms with van der Waals surface area (Å²) in [7, 11) is 1.60. The summed E-state index contributed by atoms with van der Waals surface area (Å²) in [5, 5.41) is 9.28. The van der Waals surface area contributed by atoms with Gasteiger partial charge in [-0.05, 0) is 35.7 Å². The van der Waals surface area contributed by atoms with Crippen molar-refractivity contribution < 1.29 is 14.6 Å². The van der Waals surface area contributed by atoms with Gasteiger partial charge in [-0.15, -0.1) is 0 Å².